The standard InChI is InChI=1S/C20H13ClF3N3O2S2/c21-15-3-1-2-4-16(15)28-9-17-26-27-19(29-17)31-11-14-10-30-18(25-14)12-5-7-13(8-6-12)20(22,23)24/h1-8,10H,9,11H2. The Hall–Kier alpha value is -2.56. The molecule has 5 nitrogen and oxygen atoms in total. The molecule has 0 fully saturated rings. The smallest absolute Gasteiger partial charge is 0.416 e. The topological polar surface area (TPSA) is 61.0 Å². The van der Waals surface area contributed by atoms with Crippen molar-refractivity contribution in [3.05, 3.63) is 76.1 Å². The Balaban J connectivity index is 1.32. The summed E-state index contributed by atoms with van der Waals surface area (Å²) in [5.74, 6) is 1.31. The summed E-state index contributed by atoms with van der Waals surface area (Å²) < 4.78 is 49.2. The minimum Gasteiger partial charge on any atom is -0.482 e. The van der Waals surface area contributed by atoms with Crippen LogP contribution in [0.2, 0.25) is 5.02 Å². The molecule has 160 valence electrons. The van der Waals surface area contributed by atoms with Gasteiger partial charge in [-0.25, -0.2) is 4.98 Å². The van der Waals surface area contributed by atoms with Gasteiger partial charge < -0.3 is 9.15 Å². The predicted molar refractivity (Wildman–Crippen MR) is 112 cm³/mol. The first-order valence-electron chi connectivity index (χ1n) is 8.83. The number of ether oxygens (including phenoxy) is 1. The van der Waals surface area contributed by atoms with Gasteiger partial charge in [-0.1, -0.05) is 47.6 Å². The lowest BCUT2D eigenvalue weighted by Gasteiger charge is -2.06. The van der Waals surface area contributed by atoms with Crippen LogP contribution in [0, 0.1) is 0 Å². The third kappa shape index (κ3) is 5.57. The van der Waals surface area contributed by atoms with Gasteiger partial charge in [-0.3, -0.25) is 0 Å². The van der Waals surface area contributed by atoms with Crippen LogP contribution in [-0.4, -0.2) is 15.2 Å². The van der Waals surface area contributed by atoms with E-state index in [1.54, 1.807) is 18.2 Å². The minimum atomic E-state index is -4.36. The first-order chi connectivity index (χ1) is 14.9. The summed E-state index contributed by atoms with van der Waals surface area (Å²) in [7, 11) is 0. The van der Waals surface area contributed by atoms with Crippen molar-refractivity contribution in [3.8, 4) is 16.3 Å². The molecule has 0 aliphatic heterocycles. The average Bonchev–Trinajstić information content (AvgIpc) is 3.41. The molecule has 0 N–H and O–H groups in total. The molecule has 0 unspecified atom stereocenters. The quantitative estimate of drug-likeness (QED) is 0.271. The molecular formula is C20H13ClF3N3O2S2. The van der Waals surface area contributed by atoms with E-state index in [1.807, 2.05) is 11.4 Å². The Bertz CT molecular complexity index is 1160. The number of benzene rings is 2. The van der Waals surface area contributed by atoms with Crippen molar-refractivity contribution in [2.45, 2.75) is 23.8 Å². The summed E-state index contributed by atoms with van der Waals surface area (Å²) in [4.78, 5) is 4.47. The fourth-order valence-electron chi connectivity index (χ4n) is 2.50. The largest absolute Gasteiger partial charge is 0.482 e. The zero-order chi connectivity index (χ0) is 21.8. The maximum absolute atomic E-state index is 12.7. The molecule has 2 heterocycles. The lowest BCUT2D eigenvalue weighted by Crippen LogP contribution is -2.03. The van der Waals surface area contributed by atoms with E-state index in [1.165, 1.54) is 35.2 Å². The number of hydrogen-bond donors (Lipinski definition) is 0. The monoisotopic (exact) mass is 483 g/mol. The van der Waals surface area contributed by atoms with Crippen molar-refractivity contribution in [2.24, 2.45) is 0 Å². The molecule has 11 heteroatoms. The number of hydrogen-bond acceptors (Lipinski definition) is 7. The van der Waals surface area contributed by atoms with Crippen LogP contribution in [0.5, 0.6) is 5.75 Å². The molecule has 2 aromatic heterocycles. The van der Waals surface area contributed by atoms with E-state index in [4.69, 9.17) is 20.8 Å². The number of thioether (sulfide) groups is 1. The van der Waals surface area contributed by atoms with Gasteiger partial charge in [0.05, 0.1) is 16.3 Å². The Morgan fingerprint density at radius 1 is 1.06 bits per heavy atom. The molecule has 4 aromatic rings. The lowest BCUT2D eigenvalue weighted by atomic mass is 10.1. The van der Waals surface area contributed by atoms with Crippen LogP contribution in [0.1, 0.15) is 17.1 Å². The highest BCUT2D eigenvalue weighted by Gasteiger charge is 2.30. The lowest BCUT2D eigenvalue weighted by molar-refractivity contribution is -0.137. The average molecular weight is 484 g/mol. The van der Waals surface area contributed by atoms with Crippen molar-refractivity contribution in [1.82, 2.24) is 15.2 Å². The van der Waals surface area contributed by atoms with Crippen molar-refractivity contribution < 1.29 is 22.3 Å². The molecule has 0 spiro atoms. The third-order valence-corrected chi connectivity index (χ3v) is 6.10. The minimum absolute atomic E-state index is 0.0893. The molecular weight excluding hydrogens is 471 g/mol. The van der Waals surface area contributed by atoms with E-state index < -0.39 is 11.7 Å². The maximum atomic E-state index is 12.7. The highest BCUT2D eigenvalue weighted by molar-refractivity contribution is 7.98. The van der Waals surface area contributed by atoms with Gasteiger partial charge >= 0.3 is 6.18 Å². The van der Waals surface area contributed by atoms with E-state index in [2.05, 4.69) is 15.2 Å². The first kappa shape index (κ1) is 21.7. The molecule has 0 radical (unpaired) electrons. The molecule has 0 bridgehead atoms. The number of thiazole rings is 1. The summed E-state index contributed by atoms with van der Waals surface area (Å²) in [5, 5.41) is 11.2. The number of rotatable bonds is 7. The fraction of sp³-hybridized carbons (Fsp3) is 0.150. The number of halogens is 4. The predicted octanol–water partition coefficient (Wildman–Crippen LogP) is 6.74. The van der Waals surface area contributed by atoms with Crippen molar-refractivity contribution in [3.63, 3.8) is 0 Å². The van der Waals surface area contributed by atoms with Crippen LogP contribution >= 0.6 is 34.7 Å². The van der Waals surface area contributed by atoms with E-state index in [-0.39, 0.29) is 6.61 Å². The second-order valence-corrected chi connectivity index (χ2v) is 8.38. The van der Waals surface area contributed by atoms with Crippen molar-refractivity contribution in [2.75, 3.05) is 0 Å². The van der Waals surface area contributed by atoms with Gasteiger partial charge in [-0.15, -0.1) is 21.5 Å². The summed E-state index contributed by atoms with van der Waals surface area (Å²) in [6, 6.07) is 12.0. The summed E-state index contributed by atoms with van der Waals surface area (Å²) in [6.07, 6.45) is -4.36. The Morgan fingerprint density at radius 2 is 1.84 bits per heavy atom. The second-order valence-electron chi connectivity index (χ2n) is 6.19. The zero-order valence-corrected chi connectivity index (χ0v) is 18.0. The number of para-hydroxylation sites is 1. The van der Waals surface area contributed by atoms with Gasteiger partial charge in [-0.05, 0) is 24.3 Å². The molecule has 0 saturated heterocycles. The van der Waals surface area contributed by atoms with Gasteiger partial charge in [0, 0.05) is 16.7 Å². The fourth-order valence-corrected chi connectivity index (χ4v) is 4.29. The summed E-state index contributed by atoms with van der Waals surface area (Å²) in [6.45, 7) is 0.0893. The summed E-state index contributed by atoms with van der Waals surface area (Å²) >= 11 is 8.70. The van der Waals surface area contributed by atoms with E-state index in [9.17, 15) is 13.2 Å². The van der Waals surface area contributed by atoms with Gasteiger partial charge in [0.15, 0.2) is 6.61 Å². The second kappa shape index (κ2) is 9.29. The Kier molecular flexibility index (Phi) is 6.49. The Morgan fingerprint density at radius 3 is 2.58 bits per heavy atom. The highest BCUT2D eigenvalue weighted by Crippen LogP contribution is 2.32. The molecule has 4 rings (SSSR count). The van der Waals surface area contributed by atoms with Crippen LogP contribution in [0.15, 0.2) is 63.6 Å². The number of aromatic nitrogens is 3. The SMILES string of the molecule is FC(F)(F)c1ccc(-c2nc(CSc3nnc(COc4ccccc4Cl)o3)cs2)cc1. The molecule has 0 atom stereocenters. The Labute approximate surface area is 188 Å². The zero-order valence-electron chi connectivity index (χ0n) is 15.6. The van der Waals surface area contributed by atoms with Crippen molar-refractivity contribution >= 4 is 34.7 Å². The van der Waals surface area contributed by atoms with Crippen LogP contribution in [-0.2, 0) is 18.5 Å². The maximum Gasteiger partial charge on any atom is 0.416 e. The highest BCUT2D eigenvalue weighted by atomic mass is 35.5. The molecule has 0 saturated carbocycles. The normalized spacial score (nSPS) is 11.6. The van der Waals surface area contributed by atoms with Gasteiger partial charge in [-0.2, -0.15) is 13.2 Å². The van der Waals surface area contributed by atoms with Crippen molar-refractivity contribution in [1.29, 1.82) is 0 Å². The van der Waals surface area contributed by atoms with Crippen LogP contribution in [0.4, 0.5) is 13.2 Å². The van der Waals surface area contributed by atoms with E-state index in [0.717, 1.165) is 17.8 Å². The summed E-state index contributed by atoms with van der Waals surface area (Å²) in [5.41, 5.74) is 0.706. The molecule has 31 heavy (non-hydrogen) atoms. The number of nitrogens with zero attached hydrogens (tertiary/aromatic N) is 3. The van der Waals surface area contributed by atoms with Crippen LogP contribution in [0.25, 0.3) is 10.6 Å². The van der Waals surface area contributed by atoms with E-state index >= 15 is 0 Å². The van der Waals surface area contributed by atoms with Gasteiger partial charge in [0.2, 0.25) is 0 Å². The molecule has 0 aliphatic carbocycles. The number of alkyl halides is 3. The van der Waals surface area contributed by atoms with Crippen LogP contribution in [0.3, 0.4) is 0 Å². The van der Waals surface area contributed by atoms with Crippen LogP contribution < -0.4 is 4.74 Å². The van der Waals surface area contributed by atoms with E-state index in [0.29, 0.717) is 38.2 Å². The van der Waals surface area contributed by atoms with Gasteiger partial charge in [0.25, 0.3) is 11.1 Å². The molecule has 0 aliphatic rings. The molecule has 2 aromatic carbocycles. The van der Waals surface area contributed by atoms with Gasteiger partial charge in [0.1, 0.15) is 10.8 Å². The molecule has 0 amide bonds. The first-order valence-corrected chi connectivity index (χ1v) is 11.1. The third-order valence-electron chi connectivity index (χ3n) is 3.99.